The highest BCUT2D eigenvalue weighted by Gasteiger charge is 2.16. The van der Waals surface area contributed by atoms with Crippen LogP contribution < -0.4 is 5.43 Å². The number of nitrogens with zero attached hydrogens (tertiary/aromatic N) is 5. The molecule has 1 heterocycles. The van der Waals surface area contributed by atoms with Crippen LogP contribution in [0.5, 0.6) is 0 Å². The van der Waals surface area contributed by atoms with Gasteiger partial charge in [-0.3, -0.25) is 10.2 Å². The Bertz CT molecular complexity index is 954. The summed E-state index contributed by atoms with van der Waals surface area (Å²) in [5, 5.41) is 17.1. The van der Waals surface area contributed by atoms with E-state index in [1.165, 1.54) is 6.92 Å². The van der Waals surface area contributed by atoms with Gasteiger partial charge in [0.25, 0.3) is 0 Å². The predicted octanol–water partition coefficient (Wildman–Crippen LogP) is 3.73. The number of thioether (sulfide) groups is 1. The molecular weight excluding hydrogens is 372 g/mol. The van der Waals surface area contributed by atoms with Crippen LogP contribution >= 0.6 is 23.4 Å². The lowest BCUT2D eigenvalue weighted by molar-refractivity contribution is -0.110. The number of aromatic nitrogens is 4. The molecule has 3 rings (SSSR count). The Kier molecular flexibility index (Phi) is 5.65. The fourth-order valence-corrected chi connectivity index (χ4v) is 2.93. The third kappa shape index (κ3) is 4.47. The van der Waals surface area contributed by atoms with Crippen molar-refractivity contribution in [2.24, 2.45) is 5.10 Å². The molecule has 1 N–H and O–H groups in total. The molecule has 132 valence electrons. The number of ketones is 1. The number of anilines is 1. The summed E-state index contributed by atoms with van der Waals surface area (Å²) in [5.41, 5.74) is 5.44. The molecule has 0 spiro atoms. The van der Waals surface area contributed by atoms with Crippen molar-refractivity contribution in [1.82, 2.24) is 20.2 Å². The van der Waals surface area contributed by atoms with Crippen molar-refractivity contribution < 1.29 is 4.79 Å². The fraction of sp³-hybridized carbons (Fsp3) is 0.118. The maximum atomic E-state index is 12.0. The number of benzene rings is 2. The van der Waals surface area contributed by atoms with Crippen molar-refractivity contribution >= 4 is 39.9 Å². The van der Waals surface area contributed by atoms with Gasteiger partial charge in [0.15, 0.2) is 10.8 Å². The van der Waals surface area contributed by atoms with Crippen LogP contribution in [0, 0.1) is 6.92 Å². The lowest BCUT2D eigenvalue weighted by atomic mass is 10.2. The number of nitrogens with one attached hydrogen (secondary N) is 1. The van der Waals surface area contributed by atoms with Gasteiger partial charge in [-0.15, -0.1) is 5.10 Å². The first kappa shape index (κ1) is 18.1. The quantitative estimate of drug-likeness (QED) is 0.311. The number of carbonyl (C=O) groups is 1. The molecule has 9 heteroatoms. The number of aryl methyl sites for hydroxylation is 1. The largest absolute Gasteiger partial charge is 0.292 e. The molecule has 0 amide bonds. The van der Waals surface area contributed by atoms with Gasteiger partial charge in [0.1, 0.15) is 0 Å². The lowest BCUT2D eigenvalue weighted by Crippen LogP contribution is -2.10. The molecule has 26 heavy (non-hydrogen) atoms. The van der Waals surface area contributed by atoms with Gasteiger partial charge in [0.2, 0.25) is 5.16 Å². The smallest absolute Gasteiger partial charge is 0.220 e. The SMILES string of the molecule is CC(=O)C(=NNc1cccc(Cl)c1)Sc1nnnn1-c1ccc(C)cc1. The molecule has 0 aliphatic rings. The number of carbonyl (C=O) groups excluding carboxylic acids is 1. The standard InChI is InChI=1S/C17H15ClN6OS/c1-11-6-8-15(9-7-11)24-17(21-22-23-24)26-16(12(2)25)20-19-14-5-3-4-13(18)10-14/h3-10,19H,1-2H3. The summed E-state index contributed by atoms with van der Waals surface area (Å²) in [7, 11) is 0. The highest BCUT2D eigenvalue weighted by Crippen LogP contribution is 2.21. The third-order valence-corrected chi connectivity index (χ3v) is 4.56. The molecular formula is C17H15ClN6OS. The normalized spacial score (nSPS) is 11.4. The molecule has 0 bridgehead atoms. The second-order valence-electron chi connectivity index (χ2n) is 5.41. The summed E-state index contributed by atoms with van der Waals surface area (Å²) in [5.74, 6) is -0.206. The van der Waals surface area contributed by atoms with E-state index in [9.17, 15) is 4.79 Å². The monoisotopic (exact) mass is 386 g/mol. The van der Waals surface area contributed by atoms with Gasteiger partial charge >= 0.3 is 0 Å². The number of hydrazone groups is 1. The molecule has 0 fully saturated rings. The van der Waals surface area contributed by atoms with E-state index >= 15 is 0 Å². The van der Waals surface area contributed by atoms with Gasteiger partial charge in [-0.05, 0) is 59.4 Å². The van der Waals surface area contributed by atoms with Crippen molar-refractivity contribution in [2.75, 3.05) is 5.43 Å². The Hall–Kier alpha value is -2.71. The van der Waals surface area contributed by atoms with Crippen LogP contribution in [0.25, 0.3) is 5.69 Å². The molecule has 0 unspecified atom stereocenters. The van der Waals surface area contributed by atoms with Crippen LogP contribution in [0.15, 0.2) is 58.8 Å². The van der Waals surface area contributed by atoms with E-state index in [1.807, 2.05) is 31.2 Å². The van der Waals surface area contributed by atoms with Gasteiger partial charge in [0, 0.05) is 11.9 Å². The number of rotatable bonds is 5. The van der Waals surface area contributed by atoms with Gasteiger partial charge in [-0.25, -0.2) is 0 Å². The van der Waals surface area contributed by atoms with E-state index in [4.69, 9.17) is 11.6 Å². The second-order valence-corrected chi connectivity index (χ2v) is 6.80. The Labute approximate surface area is 159 Å². The summed E-state index contributed by atoms with van der Waals surface area (Å²) >= 11 is 7.03. The van der Waals surface area contributed by atoms with Crippen LogP contribution in [0.1, 0.15) is 12.5 Å². The highest BCUT2D eigenvalue weighted by molar-refractivity contribution is 8.15. The van der Waals surface area contributed by atoms with Gasteiger partial charge in [-0.1, -0.05) is 35.4 Å². The molecule has 0 atom stereocenters. The average Bonchev–Trinajstić information content (AvgIpc) is 3.07. The van der Waals surface area contributed by atoms with E-state index in [2.05, 4.69) is 26.1 Å². The van der Waals surface area contributed by atoms with Gasteiger partial charge in [0.05, 0.1) is 11.4 Å². The first-order valence-electron chi connectivity index (χ1n) is 7.66. The molecule has 1 aromatic heterocycles. The number of hydrogen-bond donors (Lipinski definition) is 1. The maximum Gasteiger partial charge on any atom is 0.220 e. The predicted molar refractivity (Wildman–Crippen MR) is 103 cm³/mol. The number of tetrazole rings is 1. The molecule has 3 aromatic rings. The Morgan fingerprint density at radius 1 is 1.23 bits per heavy atom. The van der Waals surface area contributed by atoms with Crippen LogP contribution in [-0.4, -0.2) is 31.0 Å². The van der Waals surface area contributed by atoms with Crippen molar-refractivity contribution in [3.05, 3.63) is 59.1 Å². The number of halogens is 1. The highest BCUT2D eigenvalue weighted by atomic mass is 35.5. The van der Waals surface area contributed by atoms with E-state index < -0.39 is 0 Å². The van der Waals surface area contributed by atoms with Crippen LogP contribution in [-0.2, 0) is 4.79 Å². The molecule has 0 radical (unpaired) electrons. The van der Waals surface area contributed by atoms with Crippen LogP contribution in [0.3, 0.4) is 0 Å². The Morgan fingerprint density at radius 3 is 2.69 bits per heavy atom. The maximum absolute atomic E-state index is 12.0. The minimum Gasteiger partial charge on any atom is -0.292 e. The first-order chi connectivity index (χ1) is 12.5. The first-order valence-corrected chi connectivity index (χ1v) is 8.86. The average molecular weight is 387 g/mol. The summed E-state index contributed by atoms with van der Waals surface area (Å²) in [6, 6.07) is 14.8. The van der Waals surface area contributed by atoms with E-state index in [1.54, 1.807) is 28.9 Å². The minimum atomic E-state index is -0.206. The van der Waals surface area contributed by atoms with Gasteiger partial charge in [-0.2, -0.15) is 9.78 Å². The Morgan fingerprint density at radius 2 is 2.00 bits per heavy atom. The molecule has 0 aliphatic carbocycles. The summed E-state index contributed by atoms with van der Waals surface area (Å²) in [4.78, 5) is 12.0. The molecule has 0 saturated heterocycles. The zero-order chi connectivity index (χ0) is 18.5. The van der Waals surface area contributed by atoms with Crippen LogP contribution in [0.2, 0.25) is 5.02 Å². The Balaban J connectivity index is 1.83. The molecule has 0 aliphatic heterocycles. The van der Waals surface area contributed by atoms with Crippen molar-refractivity contribution in [2.45, 2.75) is 19.0 Å². The molecule has 2 aromatic carbocycles. The van der Waals surface area contributed by atoms with Crippen molar-refractivity contribution in [3.63, 3.8) is 0 Å². The summed E-state index contributed by atoms with van der Waals surface area (Å²) in [6.45, 7) is 3.44. The molecule has 7 nitrogen and oxygen atoms in total. The van der Waals surface area contributed by atoms with Crippen molar-refractivity contribution in [1.29, 1.82) is 0 Å². The zero-order valence-electron chi connectivity index (χ0n) is 14.0. The lowest BCUT2D eigenvalue weighted by Gasteiger charge is -2.06. The number of hydrogen-bond acceptors (Lipinski definition) is 7. The summed E-state index contributed by atoms with van der Waals surface area (Å²) in [6.07, 6.45) is 0. The van der Waals surface area contributed by atoms with E-state index in [0.717, 1.165) is 23.0 Å². The third-order valence-electron chi connectivity index (χ3n) is 3.32. The molecule has 0 saturated carbocycles. The van der Waals surface area contributed by atoms with E-state index in [-0.39, 0.29) is 10.8 Å². The number of Topliss-reactive ketones (excluding diaryl/α,β-unsaturated/α-hetero) is 1. The summed E-state index contributed by atoms with van der Waals surface area (Å²) < 4.78 is 1.56. The minimum absolute atomic E-state index is 0.206. The fourth-order valence-electron chi connectivity index (χ4n) is 2.02. The topological polar surface area (TPSA) is 85.1 Å². The van der Waals surface area contributed by atoms with Gasteiger partial charge < -0.3 is 0 Å². The van der Waals surface area contributed by atoms with Crippen molar-refractivity contribution in [3.8, 4) is 5.69 Å². The zero-order valence-corrected chi connectivity index (χ0v) is 15.6. The van der Waals surface area contributed by atoms with E-state index in [0.29, 0.717) is 15.9 Å². The second kappa shape index (κ2) is 8.11. The van der Waals surface area contributed by atoms with Crippen LogP contribution in [0.4, 0.5) is 5.69 Å².